The van der Waals surface area contributed by atoms with Crippen molar-refractivity contribution in [3.05, 3.63) is 100 Å². The highest BCUT2D eigenvalue weighted by Crippen LogP contribution is 2.50. The third-order valence-electron chi connectivity index (χ3n) is 7.39. The summed E-state index contributed by atoms with van der Waals surface area (Å²) in [4.78, 5) is 12.6. The van der Waals surface area contributed by atoms with Crippen LogP contribution in [0.2, 0.25) is 0 Å². The lowest BCUT2D eigenvalue weighted by molar-refractivity contribution is -0.139. The quantitative estimate of drug-likeness (QED) is 0.314. The molecule has 0 saturated carbocycles. The molecule has 0 unspecified atom stereocenters. The molecular formula is C32H32F3NO4. The zero-order chi connectivity index (χ0) is 28.6. The number of benzene rings is 3. The molecule has 2 aliphatic rings. The SMILES string of the molecule is C[C@@H]1CC2=C(Cc3ccccc32)[C@@H](c2c(F)cc(OCc3cccc(OCC(=O)O)c3)cc2F)N1CC(C)(C)F. The fraction of sp³-hybridized carbons (Fsp3) is 0.344. The van der Waals surface area contributed by atoms with Crippen LogP contribution in [0.1, 0.15) is 55.5 Å². The number of fused-ring (bicyclic) bond motifs is 2. The second-order valence-corrected chi connectivity index (χ2v) is 11.1. The molecule has 40 heavy (non-hydrogen) atoms. The van der Waals surface area contributed by atoms with Crippen LogP contribution in [0.4, 0.5) is 13.2 Å². The van der Waals surface area contributed by atoms with Crippen LogP contribution in [-0.4, -0.2) is 40.8 Å². The van der Waals surface area contributed by atoms with Crippen molar-refractivity contribution in [1.29, 1.82) is 0 Å². The molecule has 1 N–H and O–H groups in total. The second-order valence-electron chi connectivity index (χ2n) is 11.1. The summed E-state index contributed by atoms with van der Waals surface area (Å²) in [6, 6.07) is 16.1. The zero-order valence-corrected chi connectivity index (χ0v) is 22.7. The Morgan fingerprint density at radius 1 is 1.02 bits per heavy atom. The van der Waals surface area contributed by atoms with Crippen LogP contribution in [0.15, 0.2) is 66.2 Å². The summed E-state index contributed by atoms with van der Waals surface area (Å²) < 4.78 is 57.6. The van der Waals surface area contributed by atoms with Crippen LogP contribution in [0.5, 0.6) is 11.5 Å². The van der Waals surface area contributed by atoms with Gasteiger partial charge in [0.15, 0.2) is 6.61 Å². The van der Waals surface area contributed by atoms with E-state index in [0.717, 1.165) is 22.3 Å². The van der Waals surface area contributed by atoms with Crippen molar-refractivity contribution in [1.82, 2.24) is 4.90 Å². The number of carbonyl (C=O) groups is 1. The van der Waals surface area contributed by atoms with Crippen LogP contribution in [0.25, 0.3) is 5.57 Å². The molecule has 0 spiro atoms. The predicted octanol–water partition coefficient (Wildman–Crippen LogP) is 6.90. The Kier molecular flexibility index (Phi) is 7.64. The van der Waals surface area contributed by atoms with Gasteiger partial charge in [-0.2, -0.15) is 0 Å². The van der Waals surface area contributed by atoms with Gasteiger partial charge >= 0.3 is 5.97 Å². The molecule has 0 saturated heterocycles. The maximum atomic E-state index is 15.8. The molecule has 5 nitrogen and oxygen atoms in total. The molecule has 2 atom stereocenters. The van der Waals surface area contributed by atoms with E-state index in [4.69, 9.17) is 14.6 Å². The first-order chi connectivity index (χ1) is 19.0. The van der Waals surface area contributed by atoms with E-state index in [1.807, 2.05) is 36.1 Å². The molecule has 5 rings (SSSR count). The second kappa shape index (κ2) is 11.0. The maximum Gasteiger partial charge on any atom is 0.341 e. The summed E-state index contributed by atoms with van der Waals surface area (Å²) >= 11 is 0. The molecule has 0 radical (unpaired) electrons. The molecular weight excluding hydrogens is 519 g/mol. The smallest absolute Gasteiger partial charge is 0.341 e. The van der Waals surface area contributed by atoms with E-state index in [0.29, 0.717) is 24.2 Å². The average molecular weight is 552 g/mol. The highest BCUT2D eigenvalue weighted by atomic mass is 19.1. The van der Waals surface area contributed by atoms with Crippen molar-refractivity contribution in [2.45, 2.75) is 58.0 Å². The standard InChI is InChI=1S/C32H32F3NO4/c1-19-11-25-24-10-5-4-8-21(24)13-26(25)31(36(19)18-32(2,3)35)30-27(33)14-23(15-28(30)34)39-16-20-7-6-9-22(12-20)40-17-29(37)38/h4-10,12,14-15,19,31H,11,13,16-18H2,1-3H3,(H,37,38)/t19-,31+/m1/s1. The monoisotopic (exact) mass is 551 g/mol. The van der Waals surface area contributed by atoms with E-state index in [2.05, 4.69) is 0 Å². The molecule has 0 amide bonds. The number of alkyl halides is 1. The minimum atomic E-state index is -1.56. The summed E-state index contributed by atoms with van der Waals surface area (Å²) in [5, 5.41) is 8.80. The lowest BCUT2D eigenvalue weighted by atomic mass is 9.84. The molecule has 0 fully saturated rings. The number of carboxylic acid groups (broad SMARTS) is 1. The number of hydrogen-bond acceptors (Lipinski definition) is 4. The van der Waals surface area contributed by atoms with Crippen LogP contribution in [0.3, 0.4) is 0 Å². The van der Waals surface area contributed by atoms with Crippen molar-refractivity contribution < 1.29 is 32.5 Å². The molecule has 210 valence electrons. The lowest BCUT2D eigenvalue weighted by Crippen LogP contribution is -2.47. The highest BCUT2D eigenvalue weighted by Gasteiger charge is 2.43. The van der Waals surface area contributed by atoms with E-state index < -0.39 is 35.9 Å². The summed E-state index contributed by atoms with van der Waals surface area (Å²) in [5.41, 5.74) is 3.19. The van der Waals surface area contributed by atoms with Crippen molar-refractivity contribution in [3.8, 4) is 11.5 Å². The zero-order valence-electron chi connectivity index (χ0n) is 22.7. The van der Waals surface area contributed by atoms with Crippen molar-refractivity contribution in [2.24, 2.45) is 0 Å². The van der Waals surface area contributed by atoms with Gasteiger partial charge in [-0.15, -0.1) is 0 Å². The lowest BCUT2D eigenvalue weighted by Gasteiger charge is -2.44. The first kappa shape index (κ1) is 27.8. The largest absolute Gasteiger partial charge is 0.489 e. The van der Waals surface area contributed by atoms with E-state index in [-0.39, 0.29) is 30.5 Å². The van der Waals surface area contributed by atoms with Gasteiger partial charge < -0.3 is 14.6 Å². The maximum absolute atomic E-state index is 15.8. The molecule has 0 bridgehead atoms. The molecule has 8 heteroatoms. The number of nitrogens with zero attached hydrogens (tertiary/aromatic N) is 1. The van der Waals surface area contributed by atoms with Gasteiger partial charge in [-0.05, 0) is 73.6 Å². The van der Waals surface area contributed by atoms with Crippen LogP contribution < -0.4 is 9.47 Å². The highest BCUT2D eigenvalue weighted by molar-refractivity contribution is 5.79. The number of rotatable bonds is 9. The topological polar surface area (TPSA) is 59.0 Å². The van der Waals surface area contributed by atoms with Gasteiger partial charge in [-0.1, -0.05) is 36.4 Å². The molecule has 1 heterocycles. The van der Waals surface area contributed by atoms with Crippen molar-refractivity contribution in [2.75, 3.05) is 13.2 Å². The third kappa shape index (κ3) is 5.87. The Morgan fingerprint density at radius 3 is 2.45 bits per heavy atom. The van der Waals surface area contributed by atoms with Gasteiger partial charge in [-0.25, -0.2) is 18.0 Å². The van der Waals surface area contributed by atoms with E-state index >= 15 is 8.78 Å². The van der Waals surface area contributed by atoms with Gasteiger partial charge in [0.05, 0.1) is 6.04 Å². The van der Waals surface area contributed by atoms with E-state index in [1.165, 1.54) is 26.0 Å². The number of carboxylic acids is 1. The number of hydrogen-bond donors (Lipinski definition) is 1. The number of aliphatic carboxylic acids is 1. The normalized spacial score (nSPS) is 18.9. The van der Waals surface area contributed by atoms with Crippen LogP contribution in [0, 0.1) is 11.6 Å². The van der Waals surface area contributed by atoms with Crippen LogP contribution in [-0.2, 0) is 17.8 Å². The fourth-order valence-corrected chi connectivity index (χ4v) is 5.79. The van der Waals surface area contributed by atoms with Crippen molar-refractivity contribution in [3.63, 3.8) is 0 Å². The Bertz CT molecular complexity index is 1440. The summed E-state index contributed by atoms with van der Waals surface area (Å²) in [7, 11) is 0. The Hall–Kier alpha value is -3.78. The summed E-state index contributed by atoms with van der Waals surface area (Å²) in [5.74, 6) is -2.24. The summed E-state index contributed by atoms with van der Waals surface area (Å²) in [6.45, 7) is 4.48. The fourth-order valence-electron chi connectivity index (χ4n) is 5.79. The summed E-state index contributed by atoms with van der Waals surface area (Å²) in [6.07, 6.45) is 1.24. The minimum absolute atomic E-state index is 0.00423. The minimum Gasteiger partial charge on any atom is -0.489 e. The molecule has 1 aliphatic carbocycles. The predicted molar refractivity (Wildman–Crippen MR) is 146 cm³/mol. The molecule has 3 aromatic carbocycles. The third-order valence-corrected chi connectivity index (χ3v) is 7.39. The van der Waals surface area contributed by atoms with E-state index in [9.17, 15) is 9.18 Å². The van der Waals surface area contributed by atoms with E-state index in [1.54, 1.807) is 24.3 Å². The van der Waals surface area contributed by atoms with Crippen molar-refractivity contribution >= 4 is 11.5 Å². The number of halogens is 3. The van der Waals surface area contributed by atoms with Gasteiger partial charge in [0.1, 0.15) is 35.4 Å². The van der Waals surface area contributed by atoms with Gasteiger partial charge in [0, 0.05) is 30.3 Å². The van der Waals surface area contributed by atoms with Crippen LogP contribution >= 0.6 is 0 Å². The Morgan fingerprint density at radius 2 is 1.75 bits per heavy atom. The first-order valence-corrected chi connectivity index (χ1v) is 13.3. The Labute approximate surface area is 231 Å². The Balaban J connectivity index is 1.45. The van der Waals surface area contributed by atoms with Gasteiger partial charge in [-0.3, -0.25) is 4.90 Å². The van der Waals surface area contributed by atoms with Gasteiger partial charge in [0.25, 0.3) is 0 Å². The van der Waals surface area contributed by atoms with Gasteiger partial charge in [0.2, 0.25) is 0 Å². The molecule has 0 aromatic heterocycles. The average Bonchev–Trinajstić information content (AvgIpc) is 3.25. The number of ether oxygens (including phenoxy) is 2. The first-order valence-electron chi connectivity index (χ1n) is 13.3. The molecule has 1 aliphatic heterocycles. The molecule has 3 aromatic rings.